The van der Waals surface area contributed by atoms with Gasteiger partial charge in [0.25, 0.3) is 0 Å². The summed E-state index contributed by atoms with van der Waals surface area (Å²) in [4.78, 5) is 0. The third-order valence-electron chi connectivity index (χ3n) is 6.75. The molecule has 1 aromatic carbocycles. The average Bonchev–Trinajstić information content (AvgIpc) is 2.69. The number of ether oxygens (including phenoxy) is 1. The Kier molecular flexibility index (Phi) is 7.42. The van der Waals surface area contributed by atoms with Gasteiger partial charge in [-0.2, -0.15) is 8.78 Å². The van der Waals surface area contributed by atoms with Gasteiger partial charge in [-0.15, -0.1) is 6.58 Å². The average molecular weight is 398 g/mol. The zero-order valence-electron chi connectivity index (χ0n) is 16.3. The number of hydrogen-bond donors (Lipinski definition) is 0. The van der Waals surface area contributed by atoms with Gasteiger partial charge in [0.1, 0.15) is 0 Å². The van der Waals surface area contributed by atoms with E-state index in [9.17, 15) is 17.6 Å². The van der Waals surface area contributed by atoms with Crippen molar-refractivity contribution in [2.75, 3.05) is 0 Å². The summed E-state index contributed by atoms with van der Waals surface area (Å²) >= 11 is 0. The molecule has 0 unspecified atom stereocenters. The molecule has 0 spiro atoms. The molecule has 0 atom stereocenters. The van der Waals surface area contributed by atoms with Crippen molar-refractivity contribution in [1.29, 1.82) is 0 Å². The van der Waals surface area contributed by atoms with Gasteiger partial charge in [0.15, 0.2) is 17.4 Å². The Balaban J connectivity index is 1.47. The summed E-state index contributed by atoms with van der Waals surface area (Å²) < 4.78 is 56.4. The fraction of sp³-hybridized carbons (Fsp3) is 0.652. The lowest BCUT2D eigenvalue weighted by Crippen LogP contribution is -2.17. The summed E-state index contributed by atoms with van der Waals surface area (Å²) in [6.45, 7) is 0.663. The first-order valence-electron chi connectivity index (χ1n) is 10.5. The second-order valence-electron chi connectivity index (χ2n) is 8.50. The zero-order valence-corrected chi connectivity index (χ0v) is 16.3. The fourth-order valence-corrected chi connectivity index (χ4v) is 4.99. The normalized spacial score (nSPS) is 28.3. The largest absolute Gasteiger partial charge is 0.429 e. The smallest absolute Gasteiger partial charge is 0.387 e. The standard InChI is InChI=1S/C23H30F4O/c1-2-15-3-5-16(6-4-15)7-8-17-9-11-18(12-10-17)19-13-20(24)22(21(25)14-19)28-23(26)27/h2,13-18,23H,1,3-12H2/t15-,16-,17-,18-. The lowest BCUT2D eigenvalue weighted by atomic mass is 9.74. The summed E-state index contributed by atoms with van der Waals surface area (Å²) in [5, 5.41) is 0. The van der Waals surface area contributed by atoms with E-state index >= 15 is 0 Å². The highest BCUT2D eigenvalue weighted by Gasteiger charge is 2.26. The SMILES string of the molecule is C=C[C@H]1CC[C@H](CC[C@H]2CC[C@H](c3cc(F)c(OC(F)F)c(F)c3)CC2)CC1. The van der Waals surface area contributed by atoms with E-state index in [1.54, 1.807) is 0 Å². The van der Waals surface area contributed by atoms with Crippen LogP contribution in [0.15, 0.2) is 24.8 Å². The van der Waals surface area contributed by atoms with Crippen LogP contribution in [-0.4, -0.2) is 6.61 Å². The minimum absolute atomic E-state index is 0.0869. The molecule has 28 heavy (non-hydrogen) atoms. The van der Waals surface area contributed by atoms with E-state index < -0.39 is 24.0 Å². The third kappa shape index (κ3) is 5.51. The summed E-state index contributed by atoms with van der Waals surface area (Å²) in [6, 6.07) is 2.31. The number of hydrogen-bond acceptors (Lipinski definition) is 1. The molecule has 0 amide bonds. The molecular formula is C23H30F4O. The molecule has 3 rings (SSSR count). The van der Waals surface area contributed by atoms with Crippen molar-refractivity contribution in [3.05, 3.63) is 42.0 Å². The zero-order chi connectivity index (χ0) is 20.1. The highest BCUT2D eigenvalue weighted by Crippen LogP contribution is 2.41. The van der Waals surface area contributed by atoms with Gasteiger partial charge in [0.05, 0.1) is 0 Å². The van der Waals surface area contributed by atoms with Crippen LogP contribution in [0.3, 0.4) is 0 Å². The number of allylic oxidation sites excluding steroid dienone is 1. The van der Waals surface area contributed by atoms with E-state index in [0.29, 0.717) is 17.4 Å². The van der Waals surface area contributed by atoms with E-state index in [1.165, 1.54) is 38.5 Å². The van der Waals surface area contributed by atoms with Crippen molar-refractivity contribution >= 4 is 0 Å². The van der Waals surface area contributed by atoms with Gasteiger partial charge in [0.2, 0.25) is 0 Å². The van der Waals surface area contributed by atoms with Crippen LogP contribution in [-0.2, 0) is 0 Å². The molecule has 5 heteroatoms. The maximum Gasteiger partial charge on any atom is 0.387 e. The highest BCUT2D eigenvalue weighted by molar-refractivity contribution is 5.33. The molecule has 0 bridgehead atoms. The van der Waals surface area contributed by atoms with Crippen LogP contribution in [0.2, 0.25) is 0 Å². The molecule has 0 radical (unpaired) electrons. The summed E-state index contributed by atoms with van der Waals surface area (Å²) in [6.07, 6.45) is 13.7. The van der Waals surface area contributed by atoms with Gasteiger partial charge in [-0.25, -0.2) is 8.78 Å². The van der Waals surface area contributed by atoms with Crippen molar-refractivity contribution in [3.8, 4) is 5.75 Å². The number of benzene rings is 1. The predicted octanol–water partition coefficient (Wildman–Crippen LogP) is 7.61. The summed E-state index contributed by atoms with van der Waals surface area (Å²) in [5.41, 5.74) is 0.554. The molecule has 2 aliphatic carbocycles. The second-order valence-corrected chi connectivity index (χ2v) is 8.50. The quantitative estimate of drug-likeness (QED) is 0.339. The van der Waals surface area contributed by atoms with Crippen LogP contribution in [0.25, 0.3) is 0 Å². The molecule has 0 aliphatic heterocycles. The van der Waals surface area contributed by atoms with E-state index in [2.05, 4.69) is 17.4 Å². The molecular weight excluding hydrogens is 368 g/mol. The number of halogens is 4. The van der Waals surface area contributed by atoms with E-state index in [0.717, 1.165) is 43.7 Å². The van der Waals surface area contributed by atoms with Crippen LogP contribution in [0.1, 0.15) is 75.7 Å². The van der Waals surface area contributed by atoms with Gasteiger partial charge in [0, 0.05) is 0 Å². The molecule has 156 valence electrons. The first kappa shape index (κ1) is 21.2. The van der Waals surface area contributed by atoms with Gasteiger partial charge in [-0.1, -0.05) is 18.9 Å². The minimum Gasteiger partial charge on any atom is -0.429 e. The lowest BCUT2D eigenvalue weighted by Gasteiger charge is -2.31. The Morgan fingerprint density at radius 2 is 1.39 bits per heavy atom. The maximum atomic E-state index is 14.0. The summed E-state index contributed by atoms with van der Waals surface area (Å²) in [7, 11) is 0. The first-order valence-corrected chi connectivity index (χ1v) is 10.5. The fourth-order valence-electron chi connectivity index (χ4n) is 4.99. The van der Waals surface area contributed by atoms with Crippen molar-refractivity contribution in [2.24, 2.45) is 17.8 Å². The second kappa shape index (κ2) is 9.80. The van der Waals surface area contributed by atoms with Crippen LogP contribution in [0.5, 0.6) is 5.75 Å². The molecule has 1 aromatic rings. The molecule has 1 nitrogen and oxygen atoms in total. The monoisotopic (exact) mass is 398 g/mol. The van der Waals surface area contributed by atoms with Crippen molar-refractivity contribution < 1.29 is 22.3 Å². The number of alkyl halides is 2. The Morgan fingerprint density at radius 3 is 1.86 bits per heavy atom. The molecule has 0 heterocycles. The molecule has 0 aromatic heterocycles. The molecule has 2 fully saturated rings. The highest BCUT2D eigenvalue weighted by atomic mass is 19.3. The molecule has 2 saturated carbocycles. The van der Waals surface area contributed by atoms with E-state index in [4.69, 9.17) is 0 Å². The Bertz CT molecular complexity index is 621. The van der Waals surface area contributed by atoms with E-state index in [-0.39, 0.29) is 5.92 Å². The van der Waals surface area contributed by atoms with Crippen LogP contribution in [0.4, 0.5) is 17.6 Å². The van der Waals surface area contributed by atoms with Gasteiger partial charge >= 0.3 is 6.61 Å². The lowest BCUT2D eigenvalue weighted by molar-refractivity contribution is -0.0546. The Labute approximate surface area is 165 Å². The van der Waals surface area contributed by atoms with Crippen LogP contribution >= 0.6 is 0 Å². The van der Waals surface area contributed by atoms with Crippen molar-refractivity contribution in [1.82, 2.24) is 0 Å². The van der Waals surface area contributed by atoms with Crippen molar-refractivity contribution in [3.63, 3.8) is 0 Å². The van der Waals surface area contributed by atoms with Gasteiger partial charge in [-0.3, -0.25) is 0 Å². The maximum absolute atomic E-state index is 14.0. The Morgan fingerprint density at radius 1 is 0.893 bits per heavy atom. The first-order chi connectivity index (χ1) is 13.5. The molecule has 0 saturated heterocycles. The van der Waals surface area contributed by atoms with Gasteiger partial charge < -0.3 is 4.74 Å². The number of rotatable bonds is 7. The molecule has 0 N–H and O–H groups in total. The predicted molar refractivity (Wildman–Crippen MR) is 103 cm³/mol. The van der Waals surface area contributed by atoms with Crippen LogP contribution < -0.4 is 4.74 Å². The Hall–Kier alpha value is -1.52. The van der Waals surface area contributed by atoms with Crippen molar-refractivity contribution in [2.45, 2.75) is 76.7 Å². The molecule has 2 aliphatic rings. The van der Waals surface area contributed by atoms with Gasteiger partial charge in [-0.05, 0) is 92.7 Å². The van der Waals surface area contributed by atoms with Crippen LogP contribution in [0, 0.1) is 29.4 Å². The van der Waals surface area contributed by atoms with E-state index in [1.807, 2.05) is 0 Å². The minimum atomic E-state index is -3.24. The third-order valence-corrected chi connectivity index (χ3v) is 6.75. The topological polar surface area (TPSA) is 9.23 Å². The summed E-state index contributed by atoms with van der Waals surface area (Å²) in [5.74, 6) is -0.781.